The van der Waals surface area contributed by atoms with Gasteiger partial charge in [0.2, 0.25) is 0 Å². The lowest BCUT2D eigenvalue weighted by molar-refractivity contribution is 0.300. The molecule has 1 N–H and O–H groups in total. The number of aliphatic hydroxyl groups excluding tert-OH is 1. The van der Waals surface area contributed by atoms with Gasteiger partial charge in [-0.25, -0.2) is 0 Å². The summed E-state index contributed by atoms with van der Waals surface area (Å²) < 4.78 is 2.15. The van der Waals surface area contributed by atoms with Gasteiger partial charge in [0, 0.05) is 31.2 Å². The van der Waals surface area contributed by atoms with Crippen molar-refractivity contribution in [1.29, 1.82) is 0 Å². The minimum absolute atomic E-state index is 0.110. The van der Waals surface area contributed by atoms with E-state index >= 15 is 0 Å². The maximum atomic E-state index is 9.24. The second-order valence-corrected chi connectivity index (χ2v) is 5.45. The molecule has 0 saturated heterocycles. The summed E-state index contributed by atoms with van der Waals surface area (Å²) in [6.07, 6.45) is 2.85. The van der Waals surface area contributed by atoms with Gasteiger partial charge in [0.1, 0.15) is 0 Å². The molecule has 21 heavy (non-hydrogen) atoms. The lowest BCUT2D eigenvalue weighted by atomic mass is 9.92. The Labute approximate surface area is 125 Å². The molecule has 2 nitrogen and oxygen atoms in total. The summed E-state index contributed by atoms with van der Waals surface area (Å²) in [5.41, 5.74) is 4.84. The normalized spacial score (nSPS) is 12.7. The molecule has 0 amide bonds. The molecule has 2 aromatic carbocycles. The third-order valence-corrected chi connectivity index (χ3v) is 4.07. The number of aryl methyl sites for hydroxylation is 1. The molecule has 0 spiro atoms. The van der Waals surface area contributed by atoms with Crippen LogP contribution in [0.25, 0.3) is 10.9 Å². The molecule has 3 aromatic rings. The molecule has 0 aliphatic heterocycles. The Kier molecular flexibility index (Phi) is 3.80. The average Bonchev–Trinajstić information content (AvgIpc) is 2.86. The fourth-order valence-electron chi connectivity index (χ4n) is 3.05. The number of hydrogen-bond acceptors (Lipinski definition) is 1. The van der Waals surface area contributed by atoms with E-state index in [-0.39, 0.29) is 12.5 Å². The Morgan fingerprint density at radius 3 is 2.57 bits per heavy atom. The monoisotopic (exact) mass is 278 g/mol. The zero-order valence-corrected chi connectivity index (χ0v) is 12.3. The van der Waals surface area contributed by atoms with E-state index in [2.05, 4.69) is 67.2 Å². The van der Waals surface area contributed by atoms with Crippen molar-refractivity contribution in [3.63, 3.8) is 0 Å². The van der Waals surface area contributed by atoms with E-state index < -0.39 is 0 Å². The Morgan fingerprint density at radius 1 is 1.10 bits per heavy atom. The molecular formula is C19H20NO. The van der Waals surface area contributed by atoms with Crippen LogP contribution in [0.1, 0.15) is 22.6 Å². The molecule has 1 unspecified atom stereocenters. The van der Waals surface area contributed by atoms with Crippen LogP contribution in [0.2, 0.25) is 0 Å². The van der Waals surface area contributed by atoms with Gasteiger partial charge in [0.25, 0.3) is 0 Å². The fraction of sp³-hybridized carbons (Fsp3) is 0.211. The number of nitrogens with zero attached hydrogens (tertiary/aromatic N) is 1. The third-order valence-electron chi connectivity index (χ3n) is 4.07. The van der Waals surface area contributed by atoms with Gasteiger partial charge in [-0.2, -0.15) is 0 Å². The molecule has 3 rings (SSSR count). The van der Waals surface area contributed by atoms with Crippen molar-refractivity contribution in [2.24, 2.45) is 7.05 Å². The standard InChI is InChI=1S/C19H20NO/c1-14(15-7-4-3-5-8-15)18-13-20(2)19-16(11-12-21)9-6-10-17(18)19/h3-10,13-14,21H,1,11-12H2,2H3. The van der Waals surface area contributed by atoms with Crippen LogP contribution < -0.4 is 0 Å². The summed E-state index contributed by atoms with van der Waals surface area (Å²) in [6.45, 7) is 4.53. The highest BCUT2D eigenvalue weighted by molar-refractivity contribution is 5.88. The number of aliphatic hydroxyl groups is 1. The molecule has 0 saturated carbocycles. The first-order chi connectivity index (χ1) is 10.2. The predicted molar refractivity (Wildman–Crippen MR) is 87.4 cm³/mol. The highest BCUT2D eigenvalue weighted by atomic mass is 16.2. The van der Waals surface area contributed by atoms with Crippen LogP contribution in [0.3, 0.4) is 0 Å². The average molecular weight is 278 g/mol. The maximum Gasteiger partial charge on any atom is 0.0514 e. The van der Waals surface area contributed by atoms with Gasteiger partial charge in [-0.05, 0) is 30.0 Å². The Bertz CT molecular complexity index is 743. The van der Waals surface area contributed by atoms with Crippen molar-refractivity contribution in [2.45, 2.75) is 12.3 Å². The van der Waals surface area contributed by atoms with Gasteiger partial charge in [0.15, 0.2) is 0 Å². The van der Waals surface area contributed by atoms with Gasteiger partial charge in [0.05, 0.1) is 5.52 Å². The van der Waals surface area contributed by atoms with Crippen LogP contribution in [-0.4, -0.2) is 16.3 Å². The van der Waals surface area contributed by atoms with Crippen LogP contribution >= 0.6 is 0 Å². The number of aromatic nitrogens is 1. The van der Waals surface area contributed by atoms with E-state index in [9.17, 15) is 5.11 Å². The lowest BCUT2D eigenvalue weighted by Gasteiger charge is -2.11. The van der Waals surface area contributed by atoms with Crippen molar-refractivity contribution in [3.8, 4) is 0 Å². The zero-order chi connectivity index (χ0) is 14.8. The summed E-state index contributed by atoms with van der Waals surface area (Å²) in [4.78, 5) is 0. The van der Waals surface area contributed by atoms with E-state index in [0.29, 0.717) is 6.42 Å². The molecule has 0 bridgehead atoms. The molecule has 2 heteroatoms. The number of rotatable bonds is 4. The van der Waals surface area contributed by atoms with Gasteiger partial charge in [-0.1, -0.05) is 48.5 Å². The van der Waals surface area contributed by atoms with Crippen LogP contribution in [0.15, 0.2) is 54.7 Å². The Balaban J connectivity index is 2.14. The first-order valence-corrected chi connectivity index (χ1v) is 7.28. The van der Waals surface area contributed by atoms with Crippen LogP contribution in [0, 0.1) is 6.92 Å². The van der Waals surface area contributed by atoms with Crippen molar-refractivity contribution in [1.82, 2.24) is 4.57 Å². The van der Waals surface area contributed by atoms with Gasteiger partial charge >= 0.3 is 0 Å². The van der Waals surface area contributed by atoms with Gasteiger partial charge < -0.3 is 9.67 Å². The smallest absolute Gasteiger partial charge is 0.0514 e. The summed E-state index contributed by atoms with van der Waals surface area (Å²) in [5.74, 6) is 0.110. The second kappa shape index (κ2) is 5.74. The number of fused-ring (bicyclic) bond motifs is 1. The molecule has 1 radical (unpaired) electrons. The summed E-state index contributed by atoms with van der Waals surface area (Å²) >= 11 is 0. The van der Waals surface area contributed by atoms with Crippen LogP contribution in [-0.2, 0) is 13.5 Å². The third kappa shape index (κ3) is 2.47. The van der Waals surface area contributed by atoms with Gasteiger partial charge in [-0.15, -0.1) is 0 Å². The van der Waals surface area contributed by atoms with E-state index in [0.717, 1.165) is 0 Å². The van der Waals surface area contributed by atoms with E-state index in [1.807, 2.05) is 6.07 Å². The highest BCUT2D eigenvalue weighted by Gasteiger charge is 2.16. The molecule has 0 fully saturated rings. The van der Waals surface area contributed by atoms with Crippen LogP contribution in [0.5, 0.6) is 0 Å². The number of para-hydroxylation sites is 1. The highest BCUT2D eigenvalue weighted by Crippen LogP contribution is 2.32. The van der Waals surface area contributed by atoms with Crippen molar-refractivity contribution >= 4 is 10.9 Å². The van der Waals surface area contributed by atoms with Crippen molar-refractivity contribution in [3.05, 3.63) is 78.3 Å². The first kappa shape index (κ1) is 13.9. The summed E-state index contributed by atoms with van der Waals surface area (Å²) in [5, 5.41) is 10.5. The van der Waals surface area contributed by atoms with Gasteiger partial charge in [-0.3, -0.25) is 0 Å². The molecular weight excluding hydrogens is 258 g/mol. The second-order valence-electron chi connectivity index (χ2n) is 5.45. The molecule has 1 atom stereocenters. The van der Waals surface area contributed by atoms with Crippen molar-refractivity contribution < 1.29 is 5.11 Å². The van der Waals surface area contributed by atoms with E-state index in [4.69, 9.17) is 0 Å². The SMILES string of the molecule is [CH2]C(c1ccccc1)c1cn(C)c2c(CCO)cccc12. The quantitative estimate of drug-likeness (QED) is 0.774. The van der Waals surface area contributed by atoms with E-state index in [1.54, 1.807) is 0 Å². The van der Waals surface area contributed by atoms with E-state index in [1.165, 1.54) is 27.6 Å². The molecule has 1 heterocycles. The van der Waals surface area contributed by atoms with Crippen molar-refractivity contribution in [2.75, 3.05) is 6.61 Å². The molecule has 0 aliphatic rings. The number of benzene rings is 2. The first-order valence-electron chi connectivity index (χ1n) is 7.28. The number of hydrogen-bond donors (Lipinski definition) is 1. The Morgan fingerprint density at radius 2 is 1.86 bits per heavy atom. The topological polar surface area (TPSA) is 25.2 Å². The molecule has 107 valence electrons. The zero-order valence-electron chi connectivity index (χ0n) is 12.3. The largest absolute Gasteiger partial charge is 0.396 e. The predicted octanol–water partition coefficient (Wildman–Crippen LogP) is 3.68. The summed E-state index contributed by atoms with van der Waals surface area (Å²) in [6, 6.07) is 16.7. The molecule has 1 aromatic heterocycles. The summed E-state index contributed by atoms with van der Waals surface area (Å²) in [7, 11) is 2.06. The van der Waals surface area contributed by atoms with Crippen LogP contribution in [0.4, 0.5) is 0 Å². The lowest BCUT2D eigenvalue weighted by Crippen LogP contribution is -1.95. The minimum atomic E-state index is 0.110. The molecule has 0 aliphatic carbocycles. The fourth-order valence-corrected chi connectivity index (χ4v) is 3.05. The Hall–Kier alpha value is -2.06. The minimum Gasteiger partial charge on any atom is -0.396 e. The maximum absolute atomic E-state index is 9.24.